The molecule has 1 heterocycles. The third kappa shape index (κ3) is 6.81. The molecule has 8 heteroatoms. The molecule has 7 nitrogen and oxygen atoms in total. The van der Waals surface area contributed by atoms with Crippen molar-refractivity contribution in [2.75, 3.05) is 27.2 Å². The molecule has 0 aliphatic rings. The van der Waals surface area contributed by atoms with Crippen molar-refractivity contribution in [2.24, 2.45) is 4.99 Å². The van der Waals surface area contributed by atoms with Crippen LogP contribution in [-0.4, -0.2) is 48.2 Å². The predicted molar refractivity (Wildman–Crippen MR) is 113 cm³/mol. The maximum atomic E-state index is 5.71. The van der Waals surface area contributed by atoms with Gasteiger partial charge in [0.1, 0.15) is 12.4 Å². The Morgan fingerprint density at radius 2 is 1.96 bits per heavy atom. The van der Waals surface area contributed by atoms with Gasteiger partial charge in [-0.25, -0.2) is 0 Å². The molecule has 0 unspecified atom stereocenters. The average Bonchev–Trinajstić information content (AvgIpc) is 3.06. The number of aliphatic imine (C=N–C) groups is 1. The zero-order chi connectivity index (χ0) is 18.3. The number of para-hydroxylation sites is 1. The SMILES string of the molecule is CN=C(NCc1noc(C(C)(C)C)n1)N(C)CCOc1ccccc1.I. The summed E-state index contributed by atoms with van der Waals surface area (Å²) in [6, 6.07) is 9.76. The van der Waals surface area contributed by atoms with Gasteiger partial charge in [-0.1, -0.05) is 44.1 Å². The van der Waals surface area contributed by atoms with Crippen LogP contribution in [0.25, 0.3) is 0 Å². The van der Waals surface area contributed by atoms with Crippen molar-refractivity contribution < 1.29 is 9.26 Å². The van der Waals surface area contributed by atoms with E-state index in [1.54, 1.807) is 7.05 Å². The van der Waals surface area contributed by atoms with Crippen molar-refractivity contribution in [3.8, 4) is 5.75 Å². The summed E-state index contributed by atoms with van der Waals surface area (Å²) in [5.74, 6) is 2.85. The number of ether oxygens (including phenoxy) is 1. The number of rotatable bonds is 6. The van der Waals surface area contributed by atoms with Crippen molar-refractivity contribution >= 4 is 29.9 Å². The summed E-state index contributed by atoms with van der Waals surface area (Å²) in [7, 11) is 3.70. The lowest BCUT2D eigenvalue weighted by Gasteiger charge is -2.21. The van der Waals surface area contributed by atoms with Gasteiger partial charge in [0, 0.05) is 19.5 Å². The second kappa shape index (κ2) is 10.3. The van der Waals surface area contributed by atoms with Crippen LogP contribution in [-0.2, 0) is 12.0 Å². The number of likely N-dealkylation sites (N-methyl/N-ethyl adjacent to an activating group) is 1. The molecule has 1 aromatic carbocycles. The molecular weight excluding hydrogens is 445 g/mol. The lowest BCUT2D eigenvalue weighted by Crippen LogP contribution is -2.40. The van der Waals surface area contributed by atoms with Gasteiger partial charge in [-0.05, 0) is 12.1 Å². The Kier molecular flexibility index (Phi) is 8.83. The minimum absolute atomic E-state index is 0. The lowest BCUT2D eigenvalue weighted by atomic mass is 9.97. The van der Waals surface area contributed by atoms with E-state index >= 15 is 0 Å². The summed E-state index contributed by atoms with van der Waals surface area (Å²) < 4.78 is 11.0. The Balaban J connectivity index is 0.00000338. The number of guanidine groups is 1. The second-order valence-corrected chi connectivity index (χ2v) is 6.75. The molecule has 2 aromatic rings. The van der Waals surface area contributed by atoms with Gasteiger partial charge in [0.05, 0.1) is 13.1 Å². The van der Waals surface area contributed by atoms with Crippen LogP contribution in [0.4, 0.5) is 0 Å². The van der Waals surface area contributed by atoms with Crippen LogP contribution >= 0.6 is 24.0 Å². The van der Waals surface area contributed by atoms with Gasteiger partial charge in [0.15, 0.2) is 11.8 Å². The number of halogens is 1. The highest BCUT2D eigenvalue weighted by Gasteiger charge is 2.21. The van der Waals surface area contributed by atoms with Gasteiger partial charge in [0.2, 0.25) is 5.89 Å². The molecule has 0 aliphatic carbocycles. The van der Waals surface area contributed by atoms with Crippen molar-refractivity contribution in [3.05, 3.63) is 42.0 Å². The van der Waals surface area contributed by atoms with Gasteiger partial charge in [-0.3, -0.25) is 4.99 Å². The van der Waals surface area contributed by atoms with E-state index in [2.05, 4.69) is 20.4 Å². The number of aromatic nitrogens is 2. The fourth-order valence-corrected chi connectivity index (χ4v) is 2.10. The van der Waals surface area contributed by atoms with Crippen LogP contribution in [0.1, 0.15) is 32.5 Å². The van der Waals surface area contributed by atoms with E-state index in [0.29, 0.717) is 31.4 Å². The third-order valence-corrected chi connectivity index (χ3v) is 3.53. The molecule has 26 heavy (non-hydrogen) atoms. The Morgan fingerprint density at radius 1 is 1.27 bits per heavy atom. The Morgan fingerprint density at radius 3 is 2.54 bits per heavy atom. The van der Waals surface area contributed by atoms with Crippen LogP contribution in [0, 0.1) is 0 Å². The monoisotopic (exact) mass is 473 g/mol. The molecule has 0 radical (unpaired) electrons. The second-order valence-electron chi connectivity index (χ2n) is 6.75. The molecule has 0 aliphatic heterocycles. The fourth-order valence-electron chi connectivity index (χ4n) is 2.10. The summed E-state index contributed by atoms with van der Waals surface area (Å²) in [4.78, 5) is 10.7. The molecular formula is C18H28IN5O2. The molecule has 0 atom stereocenters. The Hall–Kier alpha value is -1.84. The van der Waals surface area contributed by atoms with Crippen LogP contribution in [0.3, 0.4) is 0 Å². The summed E-state index contributed by atoms with van der Waals surface area (Å²) >= 11 is 0. The first kappa shape index (κ1) is 22.2. The van der Waals surface area contributed by atoms with E-state index in [9.17, 15) is 0 Å². The topological polar surface area (TPSA) is 75.8 Å². The van der Waals surface area contributed by atoms with Crippen molar-refractivity contribution in [1.82, 2.24) is 20.4 Å². The zero-order valence-electron chi connectivity index (χ0n) is 16.0. The van der Waals surface area contributed by atoms with E-state index in [0.717, 1.165) is 11.7 Å². The summed E-state index contributed by atoms with van der Waals surface area (Å²) in [5.41, 5.74) is -0.154. The van der Waals surface area contributed by atoms with E-state index < -0.39 is 0 Å². The van der Waals surface area contributed by atoms with Crippen LogP contribution < -0.4 is 10.1 Å². The molecule has 144 valence electrons. The van der Waals surface area contributed by atoms with Crippen molar-refractivity contribution in [1.29, 1.82) is 0 Å². The molecule has 0 fully saturated rings. The quantitative estimate of drug-likeness (QED) is 0.395. The highest BCUT2D eigenvalue weighted by Crippen LogP contribution is 2.19. The highest BCUT2D eigenvalue weighted by molar-refractivity contribution is 14.0. The number of hydrogen-bond donors (Lipinski definition) is 1. The summed E-state index contributed by atoms with van der Waals surface area (Å²) in [6.07, 6.45) is 0. The van der Waals surface area contributed by atoms with Gasteiger partial charge in [0.25, 0.3) is 0 Å². The minimum Gasteiger partial charge on any atom is -0.492 e. The molecule has 0 spiro atoms. The van der Waals surface area contributed by atoms with Crippen molar-refractivity contribution in [3.63, 3.8) is 0 Å². The first-order valence-electron chi connectivity index (χ1n) is 8.33. The van der Waals surface area contributed by atoms with E-state index in [1.807, 2.05) is 63.1 Å². The van der Waals surface area contributed by atoms with E-state index in [4.69, 9.17) is 9.26 Å². The van der Waals surface area contributed by atoms with E-state index in [-0.39, 0.29) is 29.4 Å². The standard InChI is InChI=1S/C18H27N5O2.HI/c1-18(2,3)16-21-15(22-25-16)13-20-17(19-4)23(5)11-12-24-14-9-7-6-8-10-14;/h6-10H,11-13H2,1-5H3,(H,19,20);1H. The zero-order valence-corrected chi connectivity index (χ0v) is 18.4. The lowest BCUT2D eigenvalue weighted by molar-refractivity contribution is 0.281. The number of benzene rings is 1. The molecule has 2 rings (SSSR count). The molecule has 0 bridgehead atoms. The molecule has 0 saturated carbocycles. The Labute approximate surface area is 172 Å². The molecule has 1 aromatic heterocycles. The Bertz CT molecular complexity index is 682. The largest absolute Gasteiger partial charge is 0.492 e. The predicted octanol–water partition coefficient (Wildman–Crippen LogP) is 3.07. The minimum atomic E-state index is -0.154. The summed E-state index contributed by atoms with van der Waals surface area (Å²) in [5, 5.41) is 7.24. The fraction of sp³-hybridized carbons (Fsp3) is 0.500. The highest BCUT2D eigenvalue weighted by atomic mass is 127. The van der Waals surface area contributed by atoms with Gasteiger partial charge in [-0.2, -0.15) is 4.98 Å². The number of nitrogens with one attached hydrogen (secondary N) is 1. The first-order valence-corrected chi connectivity index (χ1v) is 8.33. The molecule has 0 saturated heterocycles. The molecule has 0 amide bonds. The maximum absolute atomic E-state index is 5.71. The van der Waals surface area contributed by atoms with Gasteiger partial charge < -0.3 is 19.5 Å². The smallest absolute Gasteiger partial charge is 0.232 e. The molecule has 1 N–H and O–H groups in total. The third-order valence-electron chi connectivity index (χ3n) is 3.53. The van der Waals surface area contributed by atoms with Crippen LogP contribution in [0.15, 0.2) is 39.8 Å². The van der Waals surface area contributed by atoms with E-state index in [1.165, 1.54) is 0 Å². The van der Waals surface area contributed by atoms with Crippen LogP contribution in [0.5, 0.6) is 5.75 Å². The average molecular weight is 473 g/mol. The maximum Gasteiger partial charge on any atom is 0.232 e. The van der Waals surface area contributed by atoms with Gasteiger partial charge in [-0.15, -0.1) is 24.0 Å². The number of nitrogens with zero attached hydrogens (tertiary/aromatic N) is 4. The van der Waals surface area contributed by atoms with Gasteiger partial charge >= 0.3 is 0 Å². The van der Waals surface area contributed by atoms with Crippen molar-refractivity contribution in [2.45, 2.75) is 32.7 Å². The normalized spacial score (nSPS) is 11.7. The van der Waals surface area contributed by atoms with Crippen LogP contribution in [0.2, 0.25) is 0 Å². The number of hydrogen-bond acceptors (Lipinski definition) is 5. The first-order chi connectivity index (χ1) is 11.9. The summed E-state index contributed by atoms with van der Waals surface area (Å²) in [6.45, 7) is 7.84.